The minimum absolute atomic E-state index is 0.142. The summed E-state index contributed by atoms with van der Waals surface area (Å²) in [6.07, 6.45) is 0. The molecule has 0 spiro atoms. The van der Waals surface area contributed by atoms with Crippen LogP contribution in [0, 0.1) is 0 Å². The number of amides is 1. The van der Waals surface area contributed by atoms with Gasteiger partial charge < -0.3 is 10.8 Å². The fourth-order valence-electron chi connectivity index (χ4n) is 3.24. The third-order valence-corrected chi connectivity index (χ3v) is 6.88. The molecule has 6 nitrogen and oxygen atoms in total. The van der Waals surface area contributed by atoms with Crippen LogP contribution in [0.5, 0.6) is 5.75 Å². The predicted molar refractivity (Wildman–Crippen MR) is 117 cm³/mol. The molecule has 0 aliphatic heterocycles. The normalized spacial score (nSPS) is 11.7. The van der Waals surface area contributed by atoms with Gasteiger partial charge in [-0.3, -0.25) is 4.79 Å². The number of fused-ring (bicyclic) bond motifs is 1. The number of carbonyl (C=O) groups excluding carboxylic acids is 1. The molecule has 4 aromatic rings. The first-order valence-corrected chi connectivity index (χ1v) is 10.8. The molecule has 0 fully saturated rings. The van der Waals surface area contributed by atoms with Crippen LogP contribution in [0.1, 0.15) is 10.4 Å². The van der Waals surface area contributed by atoms with E-state index in [-0.39, 0.29) is 10.6 Å². The molecular formula is C21H14Cl2N2O4S. The van der Waals surface area contributed by atoms with Crippen molar-refractivity contribution in [2.75, 3.05) is 0 Å². The van der Waals surface area contributed by atoms with Crippen molar-refractivity contribution in [1.29, 1.82) is 0 Å². The van der Waals surface area contributed by atoms with Crippen LogP contribution in [0.3, 0.4) is 0 Å². The first kappa shape index (κ1) is 20.3. The zero-order chi connectivity index (χ0) is 21.6. The van der Waals surface area contributed by atoms with E-state index in [9.17, 15) is 18.3 Å². The number of nitrogens with two attached hydrogens (primary N) is 1. The lowest BCUT2D eigenvalue weighted by atomic mass is 10.1. The highest BCUT2D eigenvalue weighted by Gasteiger charge is 2.29. The Labute approximate surface area is 182 Å². The summed E-state index contributed by atoms with van der Waals surface area (Å²) >= 11 is 12.1. The van der Waals surface area contributed by atoms with Crippen molar-refractivity contribution in [2.45, 2.75) is 4.90 Å². The monoisotopic (exact) mass is 460 g/mol. The van der Waals surface area contributed by atoms with E-state index in [0.29, 0.717) is 27.2 Å². The Morgan fingerprint density at radius 1 is 0.967 bits per heavy atom. The maximum absolute atomic E-state index is 13.7. The highest BCUT2D eigenvalue weighted by Crippen LogP contribution is 2.38. The Hall–Kier alpha value is -3.00. The van der Waals surface area contributed by atoms with Crippen molar-refractivity contribution in [3.63, 3.8) is 0 Å². The van der Waals surface area contributed by atoms with E-state index in [1.165, 1.54) is 0 Å². The van der Waals surface area contributed by atoms with Gasteiger partial charge in [-0.25, -0.2) is 12.4 Å². The van der Waals surface area contributed by atoms with Gasteiger partial charge in [-0.2, -0.15) is 0 Å². The quantitative estimate of drug-likeness (QED) is 0.462. The average molecular weight is 461 g/mol. The molecule has 0 aliphatic carbocycles. The Morgan fingerprint density at radius 3 is 2.33 bits per heavy atom. The van der Waals surface area contributed by atoms with E-state index >= 15 is 0 Å². The van der Waals surface area contributed by atoms with Gasteiger partial charge >= 0.3 is 0 Å². The number of halogens is 2. The smallest absolute Gasteiger partial charge is 0.272 e. The number of benzene rings is 3. The molecule has 0 unspecified atom stereocenters. The number of phenols is 1. The minimum Gasteiger partial charge on any atom is -0.505 e. The summed E-state index contributed by atoms with van der Waals surface area (Å²) in [5, 5.41) is 11.1. The largest absolute Gasteiger partial charge is 0.505 e. The highest BCUT2D eigenvalue weighted by atomic mass is 35.5. The van der Waals surface area contributed by atoms with Crippen molar-refractivity contribution in [3.05, 3.63) is 82.3 Å². The number of aromatic hydroxyl groups is 1. The molecule has 0 saturated carbocycles. The molecule has 1 heterocycles. The van der Waals surface area contributed by atoms with E-state index in [4.69, 9.17) is 28.9 Å². The molecule has 1 amide bonds. The number of carbonyl (C=O) groups is 1. The van der Waals surface area contributed by atoms with E-state index in [1.807, 2.05) is 6.07 Å². The molecule has 3 aromatic carbocycles. The van der Waals surface area contributed by atoms with Crippen molar-refractivity contribution in [2.24, 2.45) is 5.73 Å². The van der Waals surface area contributed by atoms with Crippen LogP contribution in [0.4, 0.5) is 0 Å². The standard InChI is InChI=1S/C21H14Cl2N2O4S/c22-15-6-7-17-13(8-15)10-18(12-4-2-1-3-5-12)25(17)30(28,29)19-11-14(21(24)27)9-16(23)20(19)26/h1-11,26H,(H2,24,27). The summed E-state index contributed by atoms with van der Waals surface area (Å²) in [4.78, 5) is 11.1. The van der Waals surface area contributed by atoms with Gasteiger partial charge in [0.15, 0.2) is 5.75 Å². The van der Waals surface area contributed by atoms with Crippen LogP contribution in [0.15, 0.2) is 71.6 Å². The van der Waals surface area contributed by atoms with Gasteiger partial charge in [0.05, 0.1) is 16.2 Å². The van der Waals surface area contributed by atoms with Gasteiger partial charge in [0.25, 0.3) is 10.0 Å². The van der Waals surface area contributed by atoms with E-state index in [1.54, 1.807) is 48.5 Å². The maximum atomic E-state index is 13.7. The van der Waals surface area contributed by atoms with Gasteiger partial charge in [0.1, 0.15) is 4.90 Å². The molecule has 0 radical (unpaired) electrons. The molecule has 9 heteroatoms. The van der Waals surface area contributed by atoms with Gasteiger partial charge in [-0.05, 0) is 42.0 Å². The Kier molecular flexibility index (Phi) is 4.97. The van der Waals surface area contributed by atoms with Crippen LogP contribution in [0.25, 0.3) is 22.2 Å². The fourth-order valence-corrected chi connectivity index (χ4v) is 5.37. The lowest BCUT2D eigenvalue weighted by molar-refractivity contribution is 0.1000. The van der Waals surface area contributed by atoms with Gasteiger partial charge in [0, 0.05) is 16.0 Å². The fraction of sp³-hybridized carbons (Fsp3) is 0. The molecule has 152 valence electrons. The molecule has 1 aromatic heterocycles. The summed E-state index contributed by atoms with van der Waals surface area (Å²) < 4.78 is 28.5. The van der Waals surface area contributed by atoms with Gasteiger partial charge in [0.2, 0.25) is 5.91 Å². The molecule has 30 heavy (non-hydrogen) atoms. The topological polar surface area (TPSA) is 102 Å². The van der Waals surface area contributed by atoms with Crippen LogP contribution in [0.2, 0.25) is 10.0 Å². The Balaban J connectivity index is 2.10. The predicted octanol–water partition coefficient (Wildman–Crippen LogP) is 4.66. The zero-order valence-electron chi connectivity index (χ0n) is 15.2. The SMILES string of the molecule is NC(=O)c1cc(Cl)c(O)c(S(=O)(=O)n2c(-c3ccccc3)cc3cc(Cl)ccc32)c1. The number of rotatable bonds is 4. The Morgan fingerprint density at radius 2 is 1.67 bits per heavy atom. The van der Waals surface area contributed by atoms with Crippen molar-refractivity contribution in [1.82, 2.24) is 3.97 Å². The zero-order valence-corrected chi connectivity index (χ0v) is 17.5. The van der Waals surface area contributed by atoms with Crippen molar-refractivity contribution < 1.29 is 18.3 Å². The molecule has 3 N–H and O–H groups in total. The average Bonchev–Trinajstić information content (AvgIpc) is 3.09. The number of hydrogen-bond acceptors (Lipinski definition) is 4. The van der Waals surface area contributed by atoms with E-state index < -0.39 is 26.6 Å². The van der Waals surface area contributed by atoms with Gasteiger partial charge in [-0.1, -0.05) is 53.5 Å². The number of aromatic nitrogens is 1. The first-order valence-electron chi connectivity index (χ1n) is 8.64. The second kappa shape index (κ2) is 7.36. The van der Waals surface area contributed by atoms with Crippen molar-refractivity contribution in [3.8, 4) is 17.0 Å². The summed E-state index contributed by atoms with van der Waals surface area (Å²) in [5.41, 5.74) is 6.48. The molecular weight excluding hydrogens is 447 g/mol. The van der Waals surface area contributed by atoms with Crippen LogP contribution >= 0.6 is 23.2 Å². The van der Waals surface area contributed by atoms with E-state index in [2.05, 4.69) is 0 Å². The number of primary amides is 1. The van der Waals surface area contributed by atoms with E-state index in [0.717, 1.165) is 16.1 Å². The molecule has 0 saturated heterocycles. The molecule has 0 bridgehead atoms. The summed E-state index contributed by atoms with van der Waals surface area (Å²) in [7, 11) is -4.39. The lowest BCUT2D eigenvalue weighted by Crippen LogP contribution is -2.17. The third kappa shape index (κ3) is 3.31. The van der Waals surface area contributed by atoms with Crippen molar-refractivity contribution >= 4 is 50.0 Å². The summed E-state index contributed by atoms with van der Waals surface area (Å²) in [6, 6.07) is 17.5. The first-order chi connectivity index (χ1) is 14.2. The minimum atomic E-state index is -4.39. The van der Waals surface area contributed by atoms with Gasteiger partial charge in [-0.15, -0.1) is 0 Å². The highest BCUT2D eigenvalue weighted by molar-refractivity contribution is 7.90. The second-order valence-electron chi connectivity index (χ2n) is 6.54. The maximum Gasteiger partial charge on any atom is 0.272 e. The summed E-state index contributed by atoms with van der Waals surface area (Å²) in [5.74, 6) is -1.54. The molecule has 0 aliphatic rings. The summed E-state index contributed by atoms with van der Waals surface area (Å²) in [6.45, 7) is 0. The third-order valence-electron chi connectivity index (χ3n) is 4.62. The second-order valence-corrected chi connectivity index (χ2v) is 9.14. The van der Waals surface area contributed by atoms with Crippen LogP contribution in [-0.4, -0.2) is 23.4 Å². The van der Waals surface area contributed by atoms with Crippen LogP contribution < -0.4 is 5.73 Å². The molecule has 4 rings (SSSR count). The number of nitrogens with zero attached hydrogens (tertiary/aromatic N) is 1. The number of hydrogen-bond donors (Lipinski definition) is 2. The van der Waals surface area contributed by atoms with Crippen LogP contribution in [-0.2, 0) is 10.0 Å². The lowest BCUT2D eigenvalue weighted by Gasteiger charge is -2.15. The Bertz CT molecular complexity index is 1410. The number of phenolic OH excluding ortho intramolecular Hbond substituents is 1. The molecule has 0 atom stereocenters.